The molecule has 0 aliphatic carbocycles. The highest BCUT2D eigenvalue weighted by molar-refractivity contribution is 7.90. The summed E-state index contributed by atoms with van der Waals surface area (Å²) in [5.41, 5.74) is 1.89. The van der Waals surface area contributed by atoms with Crippen LogP contribution in [0.1, 0.15) is 31.9 Å². The molecule has 0 amide bonds. The first-order valence-electron chi connectivity index (χ1n) is 9.04. The highest BCUT2D eigenvalue weighted by Gasteiger charge is 2.21. The van der Waals surface area contributed by atoms with Crippen molar-refractivity contribution in [1.82, 2.24) is 19.9 Å². The fourth-order valence-corrected chi connectivity index (χ4v) is 3.37. The molecule has 0 bridgehead atoms. The molecule has 3 rings (SSSR count). The Morgan fingerprint density at radius 3 is 2.64 bits per heavy atom. The summed E-state index contributed by atoms with van der Waals surface area (Å²) >= 11 is 0. The molecule has 2 N–H and O–H groups in total. The van der Waals surface area contributed by atoms with E-state index in [9.17, 15) is 8.42 Å². The van der Waals surface area contributed by atoms with Crippen molar-refractivity contribution in [3.05, 3.63) is 42.0 Å². The van der Waals surface area contributed by atoms with Crippen molar-refractivity contribution in [2.24, 2.45) is 0 Å². The molecule has 3 heterocycles. The van der Waals surface area contributed by atoms with Gasteiger partial charge in [0.2, 0.25) is 0 Å². The van der Waals surface area contributed by atoms with E-state index >= 15 is 0 Å². The zero-order valence-corrected chi connectivity index (χ0v) is 17.4. The Morgan fingerprint density at radius 2 is 2.00 bits per heavy atom. The van der Waals surface area contributed by atoms with Gasteiger partial charge in [0.25, 0.3) is 0 Å². The first kappa shape index (κ1) is 20.1. The molecular formula is C19H26N6O2S. The van der Waals surface area contributed by atoms with Crippen LogP contribution in [-0.2, 0) is 16.4 Å². The summed E-state index contributed by atoms with van der Waals surface area (Å²) < 4.78 is 23.0. The van der Waals surface area contributed by atoms with Crippen LogP contribution in [-0.4, -0.2) is 52.4 Å². The number of anilines is 3. The molecule has 0 fully saturated rings. The van der Waals surface area contributed by atoms with Gasteiger partial charge in [-0.15, -0.1) is 0 Å². The summed E-state index contributed by atoms with van der Waals surface area (Å²) in [6, 6.07) is 1.96. The van der Waals surface area contributed by atoms with E-state index in [1.165, 1.54) is 6.26 Å². The number of hydrogen-bond acceptors (Lipinski definition) is 8. The fraction of sp³-hybridized carbons (Fsp3) is 0.421. The Kier molecular flexibility index (Phi) is 5.55. The summed E-state index contributed by atoms with van der Waals surface area (Å²) in [6.45, 7) is 7.26. The summed E-state index contributed by atoms with van der Waals surface area (Å²) in [5.74, 6) is 2.17. The lowest BCUT2D eigenvalue weighted by Gasteiger charge is -2.30. The van der Waals surface area contributed by atoms with Gasteiger partial charge in [-0.3, -0.25) is 4.98 Å². The third kappa shape index (κ3) is 5.66. The predicted molar refractivity (Wildman–Crippen MR) is 112 cm³/mol. The van der Waals surface area contributed by atoms with E-state index in [-0.39, 0.29) is 11.3 Å². The minimum Gasteiger partial charge on any atom is -0.372 e. The number of fused-ring (bicyclic) bond motifs is 1. The summed E-state index contributed by atoms with van der Waals surface area (Å²) in [4.78, 5) is 15.0. The molecule has 0 saturated heterocycles. The normalized spacial score (nSPS) is 13.9. The van der Waals surface area contributed by atoms with Crippen LogP contribution in [0.25, 0.3) is 6.08 Å². The van der Waals surface area contributed by atoms with Crippen molar-refractivity contribution in [2.45, 2.75) is 32.9 Å². The highest BCUT2D eigenvalue weighted by atomic mass is 32.2. The van der Waals surface area contributed by atoms with E-state index in [1.807, 2.05) is 23.2 Å². The zero-order chi connectivity index (χ0) is 20.4. The van der Waals surface area contributed by atoms with Crippen LogP contribution in [0.2, 0.25) is 0 Å². The molecular weight excluding hydrogens is 376 g/mol. The first-order valence-corrected chi connectivity index (χ1v) is 11.1. The van der Waals surface area contributed by atoms with Gasteiger partial charge >= 0.3 is 0 Å². The van der Waals surface area contributed by atoms with Crippen molar-refractivity contribution >= 4 is 33.4 Å². The Labute approximate surface area is 166 Å². The number of nitrogens with one attached hydrogen (secondary N) is 2. The van der Waals surface area contributed by atoms with Gasteiger partial charge in [-0.1, -0.05) is 0 Å². The Hall–Kier alpha value is -2.68. The highest BCUT2D eigenvalue weighted by Crippen LogP contribution is 2.30. The zero-order valence-electron chi connectivity index (χ0n) is 16.6. The quantitative estimate of drug-likeness (QED) is 0.761. The number of hydrogen-bond donors (Lipinski definition) is 2. The molecule has 150 valence electrons. The Balaban J connectivity index is 1.90. The SMILES string of the molecule is CC(C)(C)Nc1nc(Nc2cnccn2)cc2c1CN(CCS(C)(=O)=O)C=C2. The molecule has 0 aromatic carbocycles. The van der Waals surface area contributed by atoms with E-state index in [0.717, 1.165) is 16.9 Å². The van der Waals surface area contributed by atoms with Crippen molar-refractivity contribution in [3.8, 4) is 0 Å². The molecule has 2 aromatic heterocycles. The first-order chi connectivity index (χ1) is 13.1. The van der Waals surface area contributed by atoms with E-state index < -0.39 is 9.84 Å². The largest absolute Gasteiger partial charge is 0.372 e. The lowest BCUT2D eigenvalue weighted by atomic mass is 10.0. The van der Waals surface area contributed by atoms with Gasteiger partial charge in [0.1, 0.15) is 27.3 Å². The molecule has 0 atom stereocenters. The van der Waals surface area contributed by atoms with E-state index in [1.54, 1.807) is 18.6 Å². The van der Waals surface area contributed by atoms with E-state index in [2.05, 4.69) is 41.4 Å². The third-order valence-corrected chi connectivity index (χ3v) is 4.97. The third-order valence-electron chi connectivity index (χ3n) is 4.05. The van der Waals surface area contributed by atoms with Crippen molar-refractivity contribution in [3.63, 3.8) is 0 Å². The summed E-state index contributed by atoms with van der Waals surface area (Å²) in [7, 11) is -3.01. The maximum absolute atomic E-state index is 11.5. The lowest BCUT2D eigenvalue weighted by Crippen LogP contribution is -2.31. The maximum atomic E-state index is 11.5. The Bertz CT molecular complexity index is 968. The minimum absolute atomic E-state index is 0.119. The second-order valence-corrected chi connectivity index (χ2v) is 10.2. The fourth-order valence-electron chi connectivity index (χ4n) is 2.80. The van der Waals surface area contributed by atoms with Gasteiger partial charge in [-0.25, -0.2) is 18.4 Å². The topological polar surface area (TPSA) is 100 Å². The van der Waals surface area contributed by atoms with Crippen molar-refractivity contribution in [2.75, 3.05) is 29.2 Å². The monoisotopic (exact) mass is 402 g/mol. The predicted octanol–water partition coefficient (Wildman–Crippen LogP) is 2.66. The lowest BCUT2D eigenvalue weighted by molar-refractivity contribution is 0.387. The van der Waals surface area contributed by atoms with Crippen LogP contribution >= 0.6 is 0 Å². The number of nitrogens with zero attached hydrogens (tertiary/aromatic N) is 4. The average molecular weight is 403 g/mol. The van der Waals surface area contributed by atoms with Crippen molar-refractivity contribution < 1.29 is 8.42 Å². The number of rotatable bonds is 6. The number of aromatic nitrogens is 3. The second kappa shape index (κ2) is 7.75. The average Bonchev–Trinajstić information content (AvgIpc) is 2.59. The molecule has 9 heteroatoms. The molecule has 0 radical (unpaired) electrons. The molecule has 8 nitrogen and oxygen atoms in total. The van der Waals surface area contributed by atoms with Gasteiger partial charge in [-0.2, -0.15) is 0 Å². The van der Waals surface area contributed by atoms with Crippen LogP contribution in [0, 0.1) is 0 Å². The van der Waals surface area contributed by atoms with Crippen LogP contribution in [0.4, 0.5) is 17.5 Å². The van der Waals surface area contributed by atoms with Gasteiger partial charge in [-0.05, 0) is 38.5 Å². The number of sulfone groups is 1. The van der Waals surface area contributed by atoms with Crippen LogP contribution in [0.5, 0.6) is 0 Å². The summed E-state index contributed by atoms with van der Waals surface area (Å²) in [5, 5.41) is 6.65. The van der Waals surface area contributed by atoms with E-state index in [4.69, 9.17) is 4.98 Å². The molecule has 0 saturated carbocycles. The van der Waals surface area contributed by atoms with Gasteiger partial charge in [0, 0.05) is 49.0 Å². The molecule has 1 aliphatic heterocycles. The minimum atomic E-state index is -3.01. The van der Waals surface area contributed by atoms with Crippen LogP contribution in [0.3, 0.4) is 0 Å². The molecule has 0 unspecified atom stereocenters. The van der Waals surface area contributed by atoms with Gasteiger partial charge in [0.15, 0.2) is 0 Å². The molecule has 1 aliphatic rings. The van der Waals surface area contributed by atoms with Crippen LogP contribution < -0.4 is 10.6 Å². The van der Waals surface area contributed by atoms with E-state index in [0.29, 0.717) is 24.7 Å². The molecule has 0 spiro atoms. The van der Waals surface area contributed by atoms with Crippen molar-refractivity contribution in [1.29, 1.82) is 0 Å². The molecule has 2 aromatic rings. The maximum Gasteiger partial charge on any atom is 0.150 e. The van der Waals surface area contributed by atoms with Crippen LogP contribution in [0.15, 0.2) is 30.9 Å². The van der Waals surface area contributed by atoms with Gasteiger partial charge in [0.05, 0.1) is 11.9 Å². The summed E-state index contributed by atoms with van der Waals surface area (Å²) in [6.07, 6.45) is 10.0. The van der Waals surface area contributed by atoms with Gasteiger partial charge < -0.3 is 15.5 Å². The smallest absolute Gasteiger partial charge is 0.150 e. The second-order valence-electron chi connectivity index (χ2n) is 7.93. The molecule has 28 heavy (non-hydrogen) atoms. The standard InChI is InChI=1S/C19H26N6O2S/c1-19(2,3)24-18-15-13-25(9-10-28(4,26)27)8-5-14(15)11-16(23-18)22-17-12-20-6-7-21-17/h5-8,11-12H,9-10,13H2,1-4H3,(H2,21,22,23,24). The number of pyridine rings is 1. The Morgan fingerprint density at radius 1 is 1.21 bits per heavy atom.